The van der Waals surface area contributed by atoms with Gasteiger partial charge in [0.1, 0.15) is 24.2 Å². The lowest BCUT2D eigenvalue weighted by Crippen LogP contribution is -2.61. The molecule has 0 aliphatic carbocycles. The third kappa shape index (κ3) is 9.16. The summed E-state index contributed by atoms with van der Waals surface area (Å²) < 4.78 is 0. The minimum absolute atomic E-state index is 0.323. The number of aliphatic carboxylic acids is 1. The maximum Gasteiger partial charge on any atom is 0.328 e. The van der Waals surface area contributed by atoms with Crippen LogP contribution >= 0.6 is 0 Å². The van der Waals surface area contributed by atoms with Gasteiger partial charge in [0, 0.05) is 0 Å². The Labute approximate surface area is 186 Å². The predicted octanol–water partition coefficient (Wildman–Crippen LogP) is -3.35. The molecular weight excluding hydrogens is 426 g/mol. The van der Waals surface area contributed by atoms with Crippen LogP contribution in [0.4, 0.5) is 0 Å². The number of carbonyl (C=O) groups is 5. The molecule has 13 heteroatoms. The number of carbonyl (C=O) groups excluding carboxylic acids is 4. The first-order valence-electron chi connectivity index (χ1n) is 10.2. The van der Waals surface area contributed by atoms with E-state index in [4.69, 9.17) is 15.9 Å². The van der Waals surface area contributed by atoms with Crippen molar-refractivity contribution in [1.29, 1.82) is 0 Å². The topological polar surface area (TPSA) is 220 Å². The molecule has 13 nitrogen and oxygen atoms in total. The molecule has 0 spiro atoms. The molecule has 32 heavy (non-hydrogen) atoms. The van der Waals surface area contributed by atoms with Crippen LogP contribution in [0.15, 0.2) is 0 Å². The summed E-state index contributed by atoms with van der Waals surface area (Å²) in [4.78, 5) is 60.5. The maximum absolute atomic E-state index is 12.7. The molecule has 0 aromatic heterocycles. The predicted molar refractivity (Wildman–Crippen MR) is 113 cm³/mol. The van der Waals surface area contributed by atoms with Crippen molar-refractivity contribution >= 4 is 29.6 Å². The van der Waals surface area contributed by atoms with Gasteiger partial charge in [-0.25, -0.2) is 4.79 Å². The number of carboxylic acid groups (broad SMARTS) is 1. The molecule has 0 radical (unpaired) electrons. The molecule has 0 unspecified atom stereocenters. The molecule has 0 fully saturated rings. The molecule has 0 aliphatic rings. The molecule has 0 bridgehead atoms. The van der Waals surface area contributed by atoms with Crippen LogP contribution in [-0.4, -0.2) is 88.3 Å². The van der Waals surface area contributed by atoms with Crippen molar-refractivity contribution in [3.8, 4) is 0 Å². The second kappa shape index (κ2) is 13.6. The van der Waals surface area contributed by atoms with Gasteiger partial charge in [-0.15, -0.1) is 0 Å². The molecule has 0 saturated carbocycles. The largest absolute Gasteiger partial charge is 0.480 e. The summed E-state index contributed by atoms with van der Waals surface area (Å²) in [5.41, 5.74) is 5.52. The summed E-state index contributed by atoms with van der Waals surface area (Å²) in [7, 11) is 0. The van der Waals surface area contributed by atoms with Gasteiger partial charge in [-0.1, -0.05) is 27.7 Å². The molecule has 4 amide bonds. The number of hydrogen-bond acceptors (Lipinski definition) is 8. The van der Waals surface area contributed by atoms with Crippen molar-refractivity contribution in [2.45, 2.75) is 64.8 Å². The van der Waals surface area contributed by atoms with E-state index in [-0.39, 0.29) is 5.92 Å². The normalized spacial score (nSPS) is 15.8. The zero-order valence-electron chi connectivity index (χ0n) is 18.9. The minimum Gasteiger partial charge on any atom is -0.480 e. The summed E-state index contributed by atoms with van der Waals surface area (Å²) in [6, 6.07) is -6.08. The van der Waals surface area contributed by atoms with Crippen LogP contribution in [0.25, 0.3) is 0 Å². The Morgan fingerprint density at radius 3 is 1.38 bits per heavy atom. The highest BCUT2D eigenvalue weighted by molar-refractivity contribution is 5.95. The smallest absolute Gasteiger partial charge is 0.328 e. The van der Waals surface area contributed by atoms with Gasteiger partial charge in [0.15, 0.2) is 0 Å². The molecule has 0 rings (SSSR count). The van der Waals surface area contributed by atoms with E-state index in [0.29, 0.717) is 0 Å². The van der Waals surface area contributed by atoms with Gasteiger partial charge in [0.05, 0.1) is 19.3 Å². The van der Waals surface area contributed by atoms with E-state index in [2.05, 4.69) is 16.0 Å². The summed E-state index contributed by atoms with van der Waals surface area (Å²) in [6.07, 6.45) is 0. The van der Waals surface area contributed by atoms with Crippen molar-refractivity contribution in [2.24, 2.45) is 17.6 Å². The van der Waals surface area contributed by atoms with Crippen LogP contribution in [0.2, 0.25) is 0 Å². The number of nitrogens with one attached hydrogen (secondary N) is 4. The van der Waals surface area contributed by atoms with Gasteiger partial charge in [-0.05, 0) is 18.8 Å². The van der Waals surface area contributed by atoms with Crippen LogP contribution in [0.5, 0.6) is 0 Å². The van der Waals surface area contributed by atoms with Crippen molar-refractivity contribution in [2.75, 3.05) is 13.2 Å². The first-order chi connectivity index (χ1) is 14.8. The Hall–Kier alpha value is -2.77. The van der Waals surface area contributed by atoms with Gasteiger partial charge in [0.25, 0.3) is 0 Å². The van der Waals surface area contributed by atoms with Gasteiger partial charge >= 0.3 is 5.97 Å². The Morgan fingerprint density at radius 2 is 1.03 bits per heavy atom. The molecule has 0 saturated heterocycles. The van der Waals surface area contributed by atoms with E-state index < -0.39 is 78.9 Å². The Balaban J connectivity index is 5.37. The maximum atomic E-state index is 12.7. The summed E-state index contributed by atoms with van der Waals surface area (Å²) in [5, 5.41) is 36.6. The Morgan fingerprint density at radius 1 is 0.656 bits per heavy atom. The van der Waals surface area contributed by atoms with Crippen LogP contribution in [0, 0.1) is 11.8 Å². The second-order valence-electron chi connectivity index (χ2n) is 8.07. The second-order valence-corrected chi connectivity index (χ2v) is 8.07. The van der Waals surface area contributed by atoms with E-state index >= 15 is 0 Å². The van der Waals surface area contributed by atoms with Crippen LogP contribution in [-0.2, 0) is 24.0 Å². The number of nitrogens with two attached hydrogens (primary N) is 1. The lowest BCUT2D eigenvalue weighted by atomic mass is 9.99. The number of aliphatic hydroxyl groups is 2. The van der Waals surface area contributed by atoms with E-state index in [1.54, 1.807) is 27.7 Å². The SMILES string of the molecule is CC(C)[C@H](NC(=O)[C@H](C)N)C(=O)N[C@H](C(=O)N[C@@H](CO)C(=O)N[C@@H](CO)C(=O)O)C(C)C. The monoisotopic (exact) mass is 461 g/mol. The van der Waals surface area contributed by atoms with Crippen LogP contribution in [0.1, 0.15) is 34.6 Å². The standard InChI is InChI=1S/C19H35N5O8/c1-8(2)13(24-18(30)14(9(3)4)23-15(27)10(5)20)17(29)21-11(6-25)16(28)22-12(7-26)19(31)32/h8-14,25-26H,6-7,20H2,1-5H3,(H,21,29)(H,22,28)(H,23,27)(H,24,30)(H,31,32)/t10-,11-,12-,13-,14-/m0/s1. The lowest BCUT2D eigenvalue weighted by Gasteiger charge is -2.28. The zero-order valence-corrected chi connectivity index (χ0v) is 18.9. The molecule has 184 valence electrons. The molecule has 0 heterocycles. The Kier molecular flexibility index (Phi) is 12.4. The summed E-state index contributed by atoms with van der Waals surface area (Å²) in [5.74, 6) is -5.28. The Bertz CT molecular complexity index is 683. The third-order valence-electron chi connectivity index (χ3n) is 4.52. The fraction of sp³-hybridized carbons (Fsp3) is 0.737. The number of hydrogen-bond donors (Lipinski definition) is 8. The van der Waals surface area contributed by atoms with Crippen LogP contribution in [0.3, 0.4) is 0 Å². The number of amides is 4. The minimum atomic E-state index is -1.62. The average Bonchev–Trinajstić information content (AvgIpc) is 2.70. The van der Waals surface area contributed by atoms with E-state index in [1.807, 2.05) is 5.32 Å². The number of rotatable bonds is 13. The first kappa shape index (κ1) is 29.2. The molecular formula is C19H35N5O8. The van der Waals surface area contributed by atoms with Gasteiger partial charge in [-0.2, -0.15) is 0 Å². The molecule has 0 aliphatic heterocycles. The summed E-state index contributed by atoms with van der Waals surface area (Å²) in [6.45, 7) is 6.38. The summed E-state index contributed by atoms with van der Waals surface area (Å²) >= 11 is 0. The molecule has 0 aromatic carbocycles. The fourth-order valence-corrected chi connectivity index (χ4v) is 2.51. The van der Waals surface area contributed by atoms with Gasteiger partial charge < -0.3 is 42.3 Å². The molecule has 5 atom stereocenters. The third-order valence-corrected chi connectivity index (χ3v) is 4.52. The fourth-order valence-electron chi connectivity index (χ4n) is 2.51. The molecule has 9 N–H and O–H groups in total. The van der Waals surface area contributed by atoms with Crippen molar-refractivity contribution in [1.82, 2.24) is 21.3 Å². The van der Waals surface area contributed by atoms with E-state index in [0.717, 1.165) is 0 Å². The van der Waals surface area contributed by atoms with Crippen molar-refractivity contribution in [3.05, 3.63) is 0 Å². The zero-order chi connectivity index (χ0) is 25.2. The van der Waals surface area contributed by atoms with E-state index in [1.165, 1.54) is 6.92 Å². The highest BCUT2D eigenvalue weighted by Gasteiger charge is 2.33. The van der Waals surface area contributed by atoms with E-state index in [9.17, 15) is 29.1 Å². The van der Waals surface area contributed by atoms with Crippen LogP contribution < -0.4 is 27.0 Å². The molecule has 0 aromatic rings. The number of aliphatic hydroxyl groups excluding tert-OH is 2. The average molecular weight is 462 g/mol. The van der Waals surface area contributed by atoms with Crippen molar-refractivity contribution < 1.29 is 39.3 Å². The van der Waals surface area contributed by atoms with Gasteiger partial charge in [-0.3, -0.25) is 19.2 Å². The highest BCUT2D eigenvalue weighted by atomic mass is 16.4. The lowest BCUT2D eigenvalue weighted by molar-refractivity contribution is -0.143. The number of carboxylic acids is 1. The van der Waals surface area contributed by atoms with Crippen molar-refractivity contribution in [3.63, 3.8) is 0 Å². The van der Waals surface area contributed by atoms with Gasteiger partial charge in [0.2, 0.25) is 23.6 Å². The quantitative estimate of drug-likeness (QED) is 0.137. The first-order valence-corrected chi connectivity index (χ1v) is 10.2. The highest BCUT2D eigenvalue weighted by Crippen LogP contribution is 2.07.